The molecule has 0 saturated carbocycles. The summed E-state index contributed by atoms with van der Waals surface area (Å²) < 4.78 is 10.9. The summed E-state index contributed by atoms with van der Waals surface area (Å²) in [7, 11) is 0. The Labute approximate surface area is 137 Å². The van der Waals surface area contributed by atoms with Gasteiger partial charge in [0.15, 0.2) is 0 Å². The van der Waals surface area contributed by atoms with Crippen LogP contribution in [-0.2, 0) is 17.9 Å². The third-order valence-corrected chi connectivity index (χ3v) is 3.00. The lowest BCUT2D eigenvalue weighted by Gasteiger charge is -2.21. The number of carbonyl (C=O) groups is 1. The smallest absolute Gasteiger partial charge is 0.407 e. The molecule has 0 aliphatic heterocycles. The molecule has 0 atom stereocenters. The Morgan fingerprint density at radius 1 is 0.957 bits per heavy atom. The first-order chi connectivity index (χ1) is 10.9. The van der Waals surface area contributed by atoms with Crippen LogP contribution in [0.5, 0.6) is 5.75 Å². The lowest BCUT2D eigenvalue weighted by Crippen LogP contribution is -2.23. The van der Waals surface area contributed by atoms with Crippen molar-refractivity contribution in [2.24, 2.45) is 0 Å². The molecule has 122 valence electrons. The Balaban J connectivity index is 1.76. The van der Waals surface area contributed by atoms with Crippen molar-refractivity contribution in [3.63, 3.8) is 0 Å². The normalized spacial score (nSPS) is 10.9. The van der Waals surface area contributed by atoms with E-state index >= 15 is 0 Å². The molecular formula is C19H23NO3. The number of rotatable bonds is 5. The molecule has 1 N–H and O–H groups in total. The Hall–Kier alpha value is -2.49. The minimum atomic E-state index is -0.427. The van der Waals surface area contributed by atoms with Crippen LogP contribution in [0.3, 0.4) is 0 Å². The van der Waals surface area contributed by atoms with Gasteiger partial charge in [-0.2, -0.15) is 0 Å². The maximum Gasteiger partial charge on any atom is 0.407 e. The molecule has 0 saturated heterocycles. The number of benzene rings is 2. The van der Waals surface area contributed by atoms with Crippen molar-refractivity contribution in [3.8, 4) is 5.75 Å². The summed E-state index contributed by atoms with van der Waals surface area (Å²) in [6.07, 6.45) is -0.427. The number of hydrogen-bond donors (Lipinski definition) is 1. The summed E-state index contributed by atoms with van der Waals surface area (Å²) in [6, 6.07) is 17.3. The van der Waals surface area contributed by atoms with Crippen molar-refractivity contribution in [1.82, 2.24) is 5.32 Å². The number of carbonyl (C=O) groups excluding carboxylic acids is 1. The van der Waals surface area contributed by atoms with Gasteiger partial charge in [-0.25, -0.2) is 4.79 Å². The van der Waals surface area contributed by atoms with Crippen molar-refractivity contribution in [1.29, 1.82) is 0 Å². The van der Waals surface area contributed by atoms with Crippen LogP contribution in [0, 0.1) is 0 Å². The molecule has 4 heteroatoms. The van der Waals surface area contributed by atoms with E-state index in [0.29, 0.717) is 6.54 Å². The number of alkyl carbamates (subject to hydrolysis) is 1. The number of amides is 1. The molecule has 1 amide bonds. The SMILES string of the molecule is CC(C)(C)Oc1ccc(COC(=O)NCc2ccccc2)cc1. The molecule has 0 fully saturated rings. The monoisotopic (exact) mass is 313 g/mol. The summed E-state index contributed by atoms with van der Waals surface area (Å²) in [5, 5.41) is 2.73. The molecule has 0 aliphatic carbocycles. The van der Waals surface area contributed by atoms with Crippen LogP contribution in [0.1, 0.15) is 31.9 Å². The van der Waals surface area contributed by atoms with Crippen LogP contribution >= 0.6 is 0 Å². The highest BCUT2D eigenvalue weighted by Gasteiger charge is 2.11. The van der Waals surface area contributed by atoms with Crippen LogP contribution in [0.15, 0.2) is 54.6 Å². The van der Waals surface area contributed by atoms with Crippen molar-refractivity contribution in [2.75, 3.05) is 0 Å². The van der Waals surface area contributed by atoms with E-state index in [1.807, 2.05) is 75.4 Å². The van der Waals surface area contributed by atoms with Gasteiger partial charge in [-0.3, -0.25) is 0 Å². The fraction of sp³-hybridized carbons (Fsp3) is 0.316. The van der Waals surface area contributed by atoms with E-state index in [2.05, 4.69) is 5.32 Å². The Kier molecular flexibility index (Phi) is 5.63. The number of ether oxygens (including phenoxy) is 2. The molecule has 0 aliphatic rings. The highest BCUT2D eigenvalue weighted by Crippen LogP contribution is 2.18. The molecule has 0 unspecified atom stereocenters. The second kappa shape index (κ2) is 7.68. The second-order valence-corrected chi connectivity index (χ2v) is 6.27. The van der Waals surface area contributed by atoms with Gasteiger partial charge >= 0.3 is 6.09 Å². The average molecular weight is 313 g/mol. The molecule has 0 aromatic heterocycles. The molecule has 0 heterocycles. The zero-order chi connectivity index (χ0) is 16.7. The van der Waals surface area contributed by atoms with Gasteiger partial charge in [0.2, 0.25) is 0 Å². The summed E-state index contributed by atoms with van der Waals surface area (Å²) >= 11 is 0. The lowest BCUT2D eigenvalue weighted by atomic mass is 10.2. The van der Waals surface area contributed by atoms with Crippen LogP contribution in [0.25, 0.3) is 0 Å². The van der Waals surface area contributed by atoms with Crippen molar-refractivity contribution in [3.05, 3.63) is 65.7 Å². The van der Waals surface area contributed by atoms with Gasteiger partial charge in [-0.05, 0) is 44.0 Å². The van der Waals surface area contributed by atoms with E-state index in [0.717, 1.165) is 16.9 Å². The Morgan fingerprint density at radius 2 is 1.61 bits per heavy atom. The maximum absolute atomic E-state index is 11.7. The topological polar surface area (TPSA) is 47.6 Å². The summed E-state index contributed by atoms with van der Waals surface area (Å²) in [4.78, 5) is 11.7. The first-order valence-corrected chi connectivity index (χ1v) is 7.65. The van der Waals surface area contributed by atoms with Crippen LogP contribution in [-0.4, -0.2) is 11.7 Å². The zero-order valence-corrected chi connectivity index (χ0v) is 13.8. The molecule has 4 nitrogen and oxygen atoms in total. The highest BCUT2D eigenvalue weighted by atomic mass is 16.5. The minimum Gasteiger partial charge on any atom is -0.488 e. The van der Waals surface area contributed by atoms with Crippen LogP contribution in [0.2, 0.25) is 0 Å². The van der Waals surface area contributed by atoms with E-state index in [9.17, 15) is 4.79 Å². The van der Waals surface area contributed by atoms with Gasteiger partial charge < -0.3 is 14.8 Å². The summed E-state index contributed by atoms with van der Waals surface area (Å²) in [6.45, 7) is 6.69. The van der Waals surface area contributed by atoms with Gasteiger partial charge in [-0.15, -0.1) is 0 Å². The molecule has 0 radical (unpaired) electrons. The minimum absolute atomic E-state index is 0.227. The van der Waals surface area contributed by atoms with E-state index in [-0.39, 0.29) is 12.2 Å². The molecule has 0 spiro atoms. The fourth-order valence-electron chi connectivity index (χ4n) is 1.98. The fourth-order valence-corrected chi connectivity index (χ4v) is 1.98. The highest BCUT2D eigenvalue weighted by molar-refractivity contribution is 5.67. The van der Waals surface area contributed by atoms with E-state index in [1.54, 1.807) is 0 Å². The predicted octanol–water partition coefficient (Wildman–Crippen LogP) is 4.29. The predicted molar refractivity (Wildman–Crippen MR) is 90.3 cm³/mol. The van der Waals surface area contributed by atoms with E-state index in [1.165, 1.54) is 0 Å². The van der Waals surface area contributed by atoms with Gasteiger partial charge in [0.05, 0.1) is 0 Å². The second-order valence-electron chi connectivity index (χ2n) is 6.27. The lowest BCUT2D eigenvalue weighted by molar-refractivity contribution is 0.130. The van der Waals surface area contributed by atoms with E-state index in [4.69, 9.17) is 9.47 Å². The third kappa shape index (κ3) is 6.43. The van der Waals surface area contributed by atoms with Crippen molar-refractivity contribution < 1.29 is 14.3 Å². The third-order valence-electron chi connectivity index (χ3n) is 3.00. The maximum atomic E-state index is 11.7. The average Bonchev–Trinajstić information content (AvgIpc) is 2.52. The molecule has 23 heavy (non-hydrogen) atoms. The molecule has 2 aromatic rings. The van der Waals surface area contributed by atoms with E-state index < -0.39 is 6.09 Å². The van der Waals surface area contributed by atoms with Gasteiger partial charge in [0, 0.05) is 6.54 Å². The van der Waals surface area contributed by atoms with Gasteiger partial charge in [-0.1, -0.05) is 42.5 Å². The van der Waals surface area contributed by atoms with Crippen molar-refractivity contribution >= 4 is 6.09 Å². The zero-order valence-electron chi connectivity index (χ0n) is 13.8. The molecule has 0 bridgehead atoms. The molecule has 2 aromatic carbocycles. The summed E-state index contributed by atoms with van der Waals surface area (Å²) in [5.41, 5.74) is 1.73. The van der Waals surface area contributed by atoms with Crippen LogP contribution < -0.4 is 10.1 Å². The van der Waals surface area contributed by atoms with Gasteiger partial charge in [0.25, 0.3) is 0 Å². The van der Waals surface area contributed by atoms with Crippen molar-refractivity contribution in [2.45, 2.75) is 39.5 Å². The van der Waals surface area contributed by atoms with Crippen LogP contribution in [0.4, 0.5) is 4.79 Å². The molecule has 2 rings (SSSR count). The first kappa shape index (κ1) is 16.9. The quantitative estimate of drug-likeness (QED) is 0.895. The summed E-state index contributed by atoms with van der Waals surface area (Å²) in [5.74, 6) is 0.801. The number of nitrogens with one attached hydrogen (secondary N) is 1. The Morgan fingerprint density at radius 3 is 2.22 bits per heavy atom. The van der Waals surface area contributed by atoms with Gasteiger partial charge in [0.1, 0.15) is 18.0 Å². The number of hydrogen-bond acceptors (Lipinski definition) is 3. The Bertz CT molecular complexity index is 615. The first-order valence-electron chi connectivity index (χ1n) is 7.65. The largest absolute Gasteiger partial charge is 0.488 e. The standard InChI is InChI=1S/C19H23NO3/c1-19(2,3)23-17-11-9-16(10-12-17)14-22-18(21)20-13-15-7-5-4-6-8-15/h4-12H,13-14H2,1-3H3,(H,20,21). The molecular weight excluding hydrogens is 290 g/mol.